The fourth-order valence-electron chi connectivity index (χ4n) is 4.19. The Morgan fingerprint density at radius 2 is 1.74 bits per heavy atom. The van der Waals surface area contributed by atoms with Gasteiger partial charge in [-0.1, -0.05) is 49.4 Å². The molecule has 7 heteroatoms. The first-order chi connectivity index (χ1) is 17.1. The van der Waals surface area contributed by atoms with Gasteiger partial charge in [-0.05, 0) is 71.0 Å². The maximum atomic E-state index is 12.9. The number of aryl methyl sites for hydroxylation is 1. The molecule has 178 valence electrons. The molecule has 35 heavy (non-hydrogen) atoms. The van der Waals surface area contributed by atoms with Crippen LogP contribution in [-0.4, -0.2) is 21.8 Å². The fourth-order valence-corrected chi connectivity index (χ4v) is 4.39. The lowest BCUT2D eigenvalue weighted by molar-refractivity contribution is 0.174. The smallest absolute Gasteiger partial charge is 0.253 e. The quantitative estimate of drug-likeness (QED) is 0.363. The Morgan fingerprint density at radius 1 is 0.943 bits per heavy atom. The van der Waals surface area contributed by atoms with Gasteiger partial charge in [-0.2, -0.15) is 0 Å². The summed E-state index contributed by atoms with van der Waals surface area (Å²) in [7, 11) is 0. The van der Waals surface area contributed by atoms with Gasteiger partial charge in [-0.15, -0.1) is 0 Å². The van der Waals surface area contributed by atoms with E-state index in [0.29, 0.717) is 30.3 Å². The van der Waals surface area contributed by atoms with E-state index in [9.17, 15) is 4.79 Å². The lowest BCUT2D eigenvalue weighted by Gasteiger charge is -2.26. The minimum atomic E-state index is -0.108. The molecule has 0 unspecified atom stereocenters. The summed E-state index contributed by atoms with van der Waals surface area (Å²) in [6.45, 7) is 3.84. The molecule has 1 aliphatic heterocycles. The van der Waals surface area contributed by atoms with Crippen molar-refractivity contribution in [1.29, 1.82) is 0 Å². The topological polar surface area (TPSA) is 66.6 Å². The molecule has 0 spiro atoms. The number of aromatic nitrogens is 1. The molecule has 0 atom stereocenters. The van der Waals surface area contributed by atoms with E-state index >= 15 is 0 Å². The second-order valence-corrected chi connectivity index (χ2v) is 8.97. The lowest BCUT2D eigenvalue weighted by atomic mass is 10.1. The largest absolute Gasteiger partial charge is 0.454 e. The van der Waals surface area contributed by atoms with E-state index < -0.39 is 0 Å². The summed E-state index contributed by atoms with van der Waals surface area (Å²) in [6, 6.07) is 24.1. The molecule has 0 saturated heterocycles. The van der Waals surface area contributed by atoms with Gasteiger partial charge >= 0.3 is 0 Å². The van der Waals surface area contributed by atoms with Crippen molar-refractivity contribution >= 4 is 28.2 Å². The van der Waals surface area contributed by atoms with Crippen LogP contribution in [0.1, 0.15) is 29.2 Å². The zero-order valence-corrected chi connectivity index (χ0v) is 20.4. The zero-order valence-electron chi connectivity index (χ0n) is 19.5. The van der Waals surface area contributed by atoms with Gasteiger partial charge < -0.3 is 24.7 Å². The number of H-pyrrole nitrogens is 1. The fraction of sp³-hybridized carbons (Fsp3) is 0.214. The third kappa shape index (κ3) is 5.30. The van der Waals surface area contributed by atoms with Crippen LogP contribution in [-0.2, 0) is 26.1 Å². The average molecular weight is 486 g/mol. The number of rotatable bonds is 7. The number of pyridine rings is 1. The number of fused-ring (bicyclic) bond motifs is 2. The highest BCUT2D eigenvalue weighted by Crippen LogP contribution is 2.33. The van der Waals surface area contributed by atoms with Crippen LogP contribution in [0.4, 0.5) is 0 Å². The van der Waals surface area contributed by atoms with Crippen molar-refractivity contribution in [3.63, 3.8) is 0 Å². The third-order valence-corrected chi connectivity index (χ3v) is 6.54. The highest BCUT2D eigenvalue weighted by atomic mass is 32.1. The molecule has 0 fully saturated rings. The van der Waals surface area contributed by atoms with Gasteiger partial charge in [0.15, 0.2) is 16.6 Å². The summed E-state index contributed by atoms with van der Waals surface area (Å²) in [5.41, 5.74) is 4.77. The molecule has 6 nitrogen and oxygen atoms in total. The monoisotopic (exact) mass is 485 g/mol. The van der Waals surface area contributed by atoms with Crippen molar-refractivity contribution < 1.29 is 9.47 Å². The Hall–Kier alpha value is -3.84. The van der Waals surface area contributed by atoms with Gasteiger partial charge in [0, 0.05) is 24.2 Å². The van der Waals surface area contributed by atoms with Crippen molar-refractivity contribution in [3.8, 4) is 11.5 Å². The maximum absolute atomic E-state index is 12.9. The molecule has 1 aliphatic rings. The van der Waals surface area contributed by atoms with E-state index in [1.165, 1.54) is 5.56 Å². The molecular weight excluding hydrogens is 458 g/mol. The molecule has 0 aliphatic carbocycles. The first-order valence-corrected chi connectivity index (χ1v) is 12.1. The van der Waals surface area contributed by atoms with Crippen LogP contribution in [0.2, 0.25) is 0 Å². The Labute approximate surface area is 209 Å². The molecule has 0 saturated carbocycles. The summed E-state index contributed by atoms with van der Waals surface area (Å²) in [5, 5.41) is 4.95. The summed E-state index contributed by atoms with van der Waals surface area (Å²) >= 11 is 5.80. The summed E-state index contributed by atoms with van der Waals surface area (Å²) < 4.78 is 11.0. The molecule has 0 bridgehead atoms. The summed E-state index contributed by atoms with van der Waals surface area (Å²) in [4.78, 5) is 18.0. The average Bonchev–Trinajstić information content (AvgIpc) is 3.35. The highest BCUT2D eigenvalue weighted by Gasteiger charge is 2.18. The highest BCUT2D eigenvalue weighted by molar-refractivity contribution is 7.80. The van der Waals surface area contributed by atoms with Crippen molar-refractivity contribution in [2.75, 3.05) is 6.79 Å². The van der Waals surface area contributed by atoms with Gasteiger partial charge in [0.1, 0.15) is 0 Å². The minimum absolute atomic E-state index is 0.108. The van der Waals surface area contributed by atoms with E-state index in [2.05, 4.69) is 35.4 Å². The van der Waals surface area contributed by atoms with Gasteiger partial charge in [-0.3, -0.25) is 4.79 Å². The van der Waals surface area contributed by atoms with E-state index in [4.69, 9.17) is 21.7 Å². The number of nitrogens with zero attached hydrogens (tertiary/aromatic N) is 1. The van der Waals surface area contributed by atoms with Crippen LogP contribution in [0.25, 0.3) is 10.9 Å². The summed E-state index contributed by atoms with van der Waals surface area (Å²) in [6.07, 6.45) is 0.939. The Bertz CT molecular complexity index is 1420. The number of nitrogens with one attached hydrogen (secondary N) is 2. The van der Waals surface area contributed by atoms with E-state index in [-0.39, 0.29) is 12.4 Å². The van der Waals surface area contributed by atoms with Gasteiger partial charge in [-0.25, -0.2) is 0 Å². The standard InChI is InChI=1S/C28H27N3O3S/c1-2-19-8-10-24-22(12-19)14-23(27(32)30-24)17-31(28(35)29-15-20-6-4-3-5-7-20)16-21-9-11-25-26(13-21)34-18-33-25/h3-14H,2,15-18H2,1H3,(H,29,35)(H,30,32). The Balaban J connectivity index is 1.42. The van der Waals surface area contributed by atoms with Crippen LogP contribution < -0.4 is 20.3 Å². The molecule has 0 radical (unpaired) electrons. The van der Waals surface area contributed by atoms with Gasteiger partial charge in [0.05, 0.1) is 6.54 Å². The van der Waals surface area contributed by atoms with Gasteiger partial charge in [0.25, 0.3) is 5.56 Å². The van der Waals surface area contributed by atoms with Crippen LogP contribution in [0.5, 0.6) is 11.5 Å². The van der Waals surface area contributed by atoms with E-state index in [1.54, 1.807) is 0 Å². The molecular formula is C28H27N3O3S. The zero-order chi connectivity index (χ0) is 24.2. The van der Waals surface area contributed by atoms with E-state index in [0.717, 1.165) is 39.9 Å². The van der Waals surface area contributed by atoms with Crippen molar-refractivity contribution in [3.05, 3.63) is 105 Å². The number of hydrogen-bond acceptors (Lipinski definition) is 4. The molecule has 1 aromatic heterocycles. The SMILES string of the molecule is CCc1ccc2[nH]c(=O)c(CN(Cc3ccc4c(c3)OCO4)C(=S)NCc3ccccc3)cc2c1. The van der Waals surface area contributed by atoms with Crippen LogP contribution in [0.3, 0.4) is 0 Å². The van der Waals surface area contributed by atoms with E-state index in [1.807, 2.05) is 59.5 Å². The van der Waals surface area contributed by atoms with Crippen LogP contribution >= 0.6 is 12.2 Å². The Kier molecular flexibility index (Phi) is 6.68. The molecule has 5 rings (SSSR count). The third-order valence-electron chi connectivity index (χ3n) is 6.14. The predicted octanol–water partition coefficient (Wildman–Crippen LogP) is 4.90. The lowest BCUT2D eigenvalue weighted by Crippen LogP contribution is -2.39. The number of ether oxygens (including phenoxy) is 2. The van der Waals surface area contributed by atoms with Crippen LogP contribution in [0, 0.1) is 0 Å². The molecule has 0 amide bonds. The maximum Gasteiger partial charge on any atom is 0.253 e. The molecule has 3 aromatic carbocycles. The first-order valence-electron chi connectivity index (χ1n) is 11.7. The Morgan fingerprint density at radius 3 is 2.57 bits per heavy atom. The second-order valence-electron chi connectivity index (χ2n) is 8.59. The molecule has 2 heterocycles. The number of benzene rings is 3. The minimum Gasteiger partial charge on any atom is -0.454 e. The van der Waals surface area contributed by atoms with Gasteiger partial charge in [0.2, 0.25) is 6.79 Å². The normalized spacial score (nSPS) is 12.0. The number of aromatic amines is 1. The number of thiocarbonyl (C=S) groups is 1. The van der Waals surface area contributed by atoms with Crippen molar-refractivity contribution in [1.82, 2.24) is 15.2 Å². The predicted molar refractivity (Wildman–Crippen MR) is 142 cm³/mol. The van der Waals surface area contributed by atoms with Crippen LogP contribution in [0.15, 0.2) is 77.6 Å². The second kappa shape index (κ2) is 10.2. The summed E-state index contributed by atoms with van der Waals surface area (Å²) in [5.74, 6) is 1.46. The number of hydrogen-bond donors (Lipinski definition) is 2. The van der Waals surface area contributed by atoms with Crippen molar-refractivity contribution in [2.45, 2.75) is 33.0 Å². The molecule has 2 N–H and O–H groups in total. The first kappa shape index (κ1) is 22.9. The molecule has 4 aromatic rings. The van der Waals surface area contributed by atoms with Crippen molar-refractivity contribution in [2.24, 2.45) is 0 Å².